The Hall–Kier alpha value is -1.65. The third-order valence-corrected chi connectivity index (χ3v) is 3.92. The first kappa shape index (κ1) is 16.7. The minimum Gasteiger partial charge on any atom is -0.481 e. The molecule has 116 valence electrons. The smallest absolute Gasteiger partial charge is 0.304 e. The van der Waals surface area contributed by atoms with E-state index in [0.717, 1.165) is 17.6 Å². The van der Waals surface area contributed by atoms with Crippen LogP contribution in [0.2, 0.25) is 0 Å². The van der Waals surface area contributed by atoms with Crippen LogP contribution in [0, 0.1) is 6.92 Å². The molecule has 0 radical (unpaired) electrons. The third kappa shape index (κ3) is 5.62. The van der Waals surface area contributed by atoms with Gasteiger partial charge >= 0.3 is 5.97 Å². The SMILES string of the molecule is Cc1cccc(CN(CCC(=O)O)Cc2cccc(Br)c2)c1. The molecule has 0 aliphatic heterocycles. The lowest BCUT2D eigenvalue weighted by Gasteiger charge is -2.22. The van der Waals surface area contributed by atoms with Crippen molar-refractivity contribution in [3.8, 4) is 0 Å². The third-order valence-electron chi connectivity index (χ3n) is 3.43. The molecule has 0 aliphatic rings. The van der Waals surface area contributed by atoms with Crippen molar-refractivity contribution in [2.45, 2.75) is 26.4 Å². The number of hydrogen-bond donors (Lipinski definition) is 1. The maximum absolute atomic E-state index is 10.9. The first-order chi connectivity index (χ1) is 10.5. The average molecular weight is 362 g/mol. The monoisotopic (exact) mass is 361 g/mol. The molecule has 0 unspecified atom stereocenters. The van der Waals surface area contributed by atoms with E-state index in [1.54, 1.807) is 0 Å². The van der Waals surface area contributed by atoms with Gasteiger partial charge in [0.15, 0.2) is 0 Å². The van der Waals surface area contributed by atoms with E-state index in [2.05, 4.69) is 58.1 Å². The first-order valence-electron chi connectivity index (χ1n) is 7.27. The quantitative estimate of drug-likeness (QED) is 0.801. The van der Waals surface area contributed by atoms with E-state index in [-0.39, 0.29) is 6.42 Å². The van der Waals surface area contributed by atoms with Crippen molar-refractivity contribution in [1.29, 1.82) is 0 Å². The fourth-order valence-corrected chi connectivity index (χ4v) is 2.88. The van der Waals surface area contributed by atoms with Crippen LogP contribution in [-0.4, -0.2) is 22.5 Å². The van der Waals surface area contributed by atoms with Gasteiger partial charge in [-0.25, -0.2) is 0 Å². The van der Waals surface area contributed by atoms with Crippen molar-refractivity contribution in [1.82, 2.24) is 4.90 Å². The Morgan fingerprint density at radius 2 is 1.73 bits per heavy atom. The number of hydrogen-bond acceptors (Lipinski definition) is 2. The largest absolute Gasteiger partial charge is 0.481 e. The summed E-state index contributed by atoms with van der Waals surface area (Å²) in [6.07, 6.45) is 0.153. The first-order valence-corrected chi connectivity index (χ1v) is 8.06. The molecule has 0 saturated heterocycles. The molecular formula is C18H20BrNO2. The van der Waals surface area contributed by atoms with E-state index in [1.165, 1.54) is 16.7 Å². The Kier molecular flexibility index (Phi) is 6.16. The number of carboxylic acids is 1. The summed E-state index contributed by atoms with van der Waals surface area (Å²) in [4.78, 5) is 13.1. The van der Waals surface area contributed by atoms with Gasteiger partial charge in [-0.15, -0.1) is 0 Å². The molecule has 0 aliphatic carbocycles. The van der Waals surface area contributed by atoms with E-state index < -0.39 is 5.97 Å². The van der Waals surface area contributed by atoms with Crippen LogP contribution in [0.5, 0.6) is 0 Å². The van der Waals surface area contributed by atoms with Crippen molar-refractivity contribution in [3.05, 3.63) is 69.7 Å². The number of halogens is 1. The van der Waals surface area contributed by atoms with Crippen LogP contribution in [0.25, 0.3) is 0 Å². The van der Waals surface area contributed by atoms with E-state index >= 15 is 0 Å². The number of carboxylic acid groups (broad SMARTS) is 1. The van der Waals surface area contributed by atoms with Gasteiger partial charge in [0.05, 0.1) is 6.42 Å². The fourth-order valence-electron chi connectivity index (χ4n) is 2.43. The molecule has 0 aromatic heterocycles. The van der Waals surface area contributed by atoms with Gasteiger partial charge in [-0.2, -0.15) is 0 Å². The summed E-state index contributed by atoms with van der Waals surface area (Å²) in [5.41, 5.74) is 3.60. The zero-order valence-electron chi connectivity index (χ0n) is 12.6. The molecule has 0 amide bonds. The Morgan fingerprint density at radius 3 is 2.32 bits per heavy atom. The zero-order chi connectivity index (χ0) is 15.9. The number of aliphatic carboxylic acids is 1. The summed E-state index contributed by atoms with van der Waals surface area (Å²) in [5, 5.41) is 8.95. The second-order valence-electron chi connectivity index (χ2n) is 5.47. The minimum atomic E-state index is -0.761. The van der Waals surface area contributed by atoms with E-state index in [9.17, 15) is 4.79 Å². The number of rotatable bonds is 7. The summed E-state index contributed by atoms with van der Waals surface area (Å²) >= 11 is 3.48. The van der Waals surface area contributed by atoms with Crippen LogP contribution in [0.4, 0.5) is 0 Å². The van der Waals surface area contributed by atoms with Crippen LogP contribution in [0.1, 0.15) is 23.1 Å². The van der Waals surface area contributed by atoms with Crippen LogP contribution >= 0.6 is 15.9 Å². The summed E-state index contributed by atoms with van der Waals surface area (Å²) in [6.45, 7) is 4.09. The molecule has 0 heterocycles. The number of carbonyl (C=O) groups is 1. The molecule has 1 N–H and O–H groups in total. The van der Waals surface area contributed by atoms with Gasteiger partial charge in [0, 0.05) is 24.1 Å². The molecule has 0 fully saturated rings. The van der Waals surface area contributed by atoms with Crippen molar-refractivity contribution in [2.24, 2.45) is 0 Å². The Morgan fingerprint density at radius 1 is 1.09 bits per heavy atom. The van der Waals surface area contributed by atoms with Gasteiger partial charge in [-0.3, -0.25) is 9.69 Å². The van der Waals surface area contributed by atoms with Crippen molar-refractivity contribution in [2.75, 3.05) is 6.54 Å². The van der Waals surface area contributed by atoms with Crippen molar-refractivity contribution >= 4 is 21.9 Å². The normalized spacial score (nSPS) is 10.9. The molecule has 0 saturated carbocycles. The maximum Gasteiger partial charge on any atom is 0.304 e. The predicted octanol–water partition coefficient (Wildman–Crippen LogP) is 4.23. The van der Waals surface area contributed by atoms with E-state index in [4.69, 9.17) is 5.11 Å². The molecule has 0 bridgehead atoms. The maximum atomic E-state index is 10.9. The molecule has 3 nitrogen and oxygen atoms in total. The Labute approximate surface area is 139 Å². The number of aryl methyl sites for hydroxylation is 1. The molecule has 2 aromatic carbocycles. The van der Waals surface area contributed by atoms with E-state index in [1.807, 2.05) is 18.2 Å². The highest BCUT2D eigenvalue weighted by Crippen LogP contribution is 2.16. The van der Waals surface area contributed by atoms with Crippen molar-refractivity contribution in [3.63, 3.8) is 0 Å². The van der Waals surface area contributed by atoms with Crippen LogP contribution in [0.15, 0.2) is 53.0 Å². The molecule has 22 heavy (non-hydrogen) atoms. The van der Waals surface area contributed by atoms with Crippen LogP contribution in [-0.2, 0) is 17.9 Å². The molecule has 2 rings (SSSR count). The Balaban J connectivity index is 2.09. The standard InChI is InChI=1S/C18H20BrNO2/c1-14-4-2-5-15(10-14)12-20(9-8-18(21)22)13-16-6-3-7-17(19)11-16/h2-7,10-11H,8-9,12-13H2,1H3,(H,21,22). The molecule has 0 spiro atoms. The molecule has 4 heteroatoms. The van der Waals surface area contributed by atoms with Gasteiger partial charge in [0.2, 0.25) is 0 Å². The number of nitrogens with zero attached hydrogens (tertiary/aromatic N) is 1. The lowest BCUT2D eigenvalue weighted by molar-refractivity contribution is -0.137. The van der Waals surface area contributed by atoms with Gasteiger partial charge in [0.25, 0.3) is 0 Å². The average Bonchev–Trinajstić information content (AvgIpc) is 2.45. The van der Waals surface area contributed by atoms with Gasteiger partial charge in [-0.1, -0.05) is 57.9 Å². The van der Waals surface area contributed by atoms with Gasteiger partial charge in [0.1, 0.15) is 0 Å². The summed E-state index contributed by atoms with van der Waals surface area (Å²) in [7, 11) is 0. The Bertz CT molecular complexity index is 595. The van der Waals surface area contributed by atoms with Gasteiger partial charge < -0.3 is 5.11 Å². The second-order valence-corrected chi connectivity index (χ2v) is 6.39. The second kappa shape index (κ2) is 8.11. The highest BCUT2D eigenvalue weighted by atomic mass is 79.9. The summed E-state index contributed by atoms with van der Waals surface area (Å²) in [6, 6.07) is 16.5. The molecule has 2 aromatic rings. The highest BCUT2D eigenvalue weighted by Gasteiger charge is 2.10. The van der Waals surface area contributed by atoms with Crippen LogP contribution < -0.4 is 0 Å². The summed E-state index contributed by atoms with van der Waals surface area (Å²) < 4.78 is 1.04. The lowest BCUT2D eigenvalue weighted by atomic mass is 10.1. The minimum absolute atomic E-state index is 0.153. The number of benzene rings is 2. The topological polar surface area (TPSA) is 40.5 Å². The lowest BCUT2D eigenvalue weighted by Crippen LogP contribution is -2.25. The zero-order valence-corrected chi connectivity index (χ0v) is 14.2. The van der Waals surface area contributed by atoms with Gasteiger partial charge in [-0.05, 0) is 30.2 Å². The predicted molar refractivity (Wildman–Crippen MR) is 91.7 cm³/mol. The van der Waals surface area contributed by atoms with Crippen LogP contribution in [0.3, 0.4) is 0 Å². The molecular weight excluding hydrogens is 342 g/mol. The van der Waals surface area contributed by atoms with Crippen molar-refractivity contribution < 1.29 is 9.90 Å². The van der Waals surface area contributed by atoms with E-state index in [0.29, 0.717) is 6.54 Å². The highest BCUT2D eigenvalue weighted by molar-refractivity contribution is 9.10. The molecule has 0 atom stereocenters. The summed E-state index contributed by atoms with van der Waals surface area (Å²) in [5.74, 6) is -0.761. The fraction of sp³-hybridized carbons (Fsp3) is 0.278.